The van der Waals surface area contributed by atoms with Crippen molar-refractivity contribution in [3.8, 4) is 5.75 Å². The maximum Gasteiger partial charge on any atom is 0.318 e. The molecule has 4 heteroatoms. The summed E-state index contributed by atoms with van der Waals surface area (Å²) in [6.07, 6.45) is 0. The van der Waals surface area contributed by atoms with Crippen LogP contribution in [0.5, 0.6) is 5.75 Å². The van der Waals surface area contributed by atoms with Gasteiger partial charge in [-0.05, 0) is 29.8 Å². The Balaban J connectivity index is 1.90. The topological polar surface area (TPSA) is 50.4 Å². The number of urea groups is 1. The highest BCUT2D eigenvalue weighted by atomic mass is 16.5. The zero-order chi connectivity index (χ0) is 13.5. The Kier molecular flexibility index (Phi) is 4.39. The molecule has 0 aliphatic heterocycles. The molecule has 2 aromatic rings. The molecule has 4 nitrogen and oxygen atoms in total. The van der Waals surface area contributed by atoms with Gasteiger partial charge in [-0.25, -0.2) is 4.79 Å². The van der Waals surface area contributed by atoms with Gasteiger partial charge in [0.25, 0.3) is 0 Å². The lowest BCUT2D eigenvalue weighted by molar-refractivity contribution is 0.254. The van der Waals surface area contributed by atoms with Crippen molar-refractivity contribution in [2.75, 3.05) is 12.4 Å². The fourth-order valence-corrected chi connectivity index (χ4v) is 1.57. The maximum atomic E-state index is 11.1. The summed E-state index contributed by atoms with van der Waals surface area (Å²) in [7, 11) is 1.58. The van der Waals surface area contributed by atoms with E-state index in [1.54, 1.807) is 19.2 Å². The van der Waals surface area contributed by atoms with Gasteiger partial charge in [0.05, 0.1) is 0 Å². The van der Waals surface area contributed by atoms with Gasteiger partial charge in [0.1, 0.15) is 12.4 Å². The Morgan fingerprint density at radius 2 is 1.74 bits per heavy atom. The molecule has 0 aliphatic carbocycles. The number of nitrogens with one attached hydrogen (secondary N) is 2. The molecule has 2 amide bonds. The Bertz CT molecular complexity index is 524. The van der Waals surface area contributed by atoms with Gasteiger partial charge in [-0.2, -0.15) is 0 Å². The van der Waals surface area contributed by atoms with Gasteiger partial charge in [0.2, 0.25) is 0 Å². The number of carbonyl (C=O) groups is 1. The minimum atomic E-state index is -0.238. The lowest BCUT2D eigenvalue weighted by atomic mass is 10.2. The molecule has 2 aromatic carbocycles. The van der Waals surface area contributed by atoms with Crippen LogP contribution in [0.4, 0.5) is 10.5 Å². The van der Waals surface area contributed by atoms with Gasteiger partial charge < -0.3 is 15.4 Å². The summed E-state index contributed by atoms with van der Waals surface area (Å²) >= 11 is 0. The average Bonchev–Trinajstić information content (AvgIpc) is 2.47. The van der Waals surface area contributed by atoms with Crippen LogP contribution >= 0.6 is 0 Å². The fraction of sp³-hybridized carbons (Fsp3) is 0.133. The number of rotatable bonds is 4. The molecule has 0 unspecified atom stereocenters. The molecular formula is C15H16N2O2. The molecule has 0 radical (unpaired) electrons. The third kappa shape index (κ3) is 4.03. The van der Waals surface area contributed by atoms with Crippen molar-refractivity contribution in [2.24, 2.45) is 0 Å². The predicted molar refractivity (Wildman–Crippen MR) is 75.3 cm³/mol. The van der Waals surface area contributed by atoms with Crippen LogP contribution in [0.25, 0.3) is 0 Å². The van der Waals surface area contributed by atoms with E-state index in [9.17, 15) is 4.79 Å². The van der Waals surface area contributed by atoms with Gasteiger partial charge >= 0.3 is 6.03 Å². The van der Waals surface area contributed by atoms with Crippen LogP contribution in [0.15, 0.2) is 54.6 Å². The van der Waals surface area contributed by atoms with Crippen molar-refractivity contribution < 1.29 is 9.53 Å². The van der Waals surface area contributed by atoms with Crippen molar-refractivity contribution >= 4 is 11.7 Å². The van der Waals surface area contributed by atoms with Crippen molar-refractivity contribution in [1.82, 2.24) is 5.32 Å². The molecule has 98 valence electrons. The first kappa shape index (κ1) is 13.0. The van der Waals surface area contributed by atoms with E-state index >= 15 is 0 Å². The fourth-order valence-electron chi connectivity index (χ4n) is 1.57. The first-order valence-electron chi connectivity index (χ1n) is 6.03. The van der Waals surface area contributed by atoms with E-state index in [1.807, 2.05) is 42.5 Å². The predicted octanol–water partition coefficient (Wildman–Crippen LogP) is 3.02. The zero-order valence-electron chi connectivity index (χ0n) is 10.7. The summed E-state index contributed by atoms with van der Waals surface area (Å²) in [5, 5.41) is 5.18. The second kappa shape index (κ2) is 6.44. The van der Waals surface area contributed by atoms with E-state index < -0.39 is 0 Å². The minimum Gasteiger partial charge on any atom is -0.489 e. The summed E-state index contributed by atoms with van der Waals surface area (Å²) in [5.41, 5.74) is 1.85. The highest BCUT2D eigenvalue weighted by molar-refractivity contribution is 5.88. The molecule has 0 spiro atoms. The number of ether oxygens (including phenoxy) is 1. The molecule has 0 aliphatic rings. The Hall–Kier alpha value is -2.49. The summed E-state index contributed by atoms with van der Waals surface area (Å²) in [5.74, 6) is 0.770. The number of carbonyl (C=O) groups excluding carboxylic acids is 1. The van der Waals surface area contributed by atoms with E-state index in [-0.39, 0.29) is 6.03 Å². The molecule has 0 saturated carbocycles. The van der Waals surface area contributed by atoms with Gasteiger partial charge in [0, 0.05) is 12.7 Å². The summed E-state index contributed by atoms with van der Waals surface area (Å²) in [6.45, 7) is 0.531. The summed E-state index contributed by atoms with van der Waals surface area (Å²) in [4.78, 5) is 11.1. The van der Waals surface area contributed by atoms with Crippen molar-refractivity contribution in [3.63, 3.8) is 0 Å². The van der Waals surface area contributed by atoms with Crippen molar-refractivity contribution in [2.45, 2.75) is 6.61 Å². The van der Waals surface area contributed by atoms with Crippen molar-refractivity contribution in [1.29, 1.82) is 0 Å². The summed E-state index contributed by atoms with van der Waals surface area (Å²) < 4.78 is 5.65. The van der Waals surface area contributed by atoms with Crippen molar-refractivity contribution in [3.05, 3.63) is 60.2 Å². The Morgan fingerprint density at radius 1 is 1.05 bits per heavy atom. The lowest BCUT2D eigenvalue weighted by Crippen LogP contribution is -2.24. The SMILES string of the molecule is CNC(=O)Nc1ccc(OCc2ccccc2)cc1. The molecule has 0 aromatic heterocycles. The molecule has 19 heavy (non-hydrogen) atoms. The number of hydrogen-bond acceptors (Lipinski definition) is 2. The lowest BCUT2D eigenvalue weighted by Gasteiger charge is -2.08. The molecule has 0 fully saturated rings. The first-order valence-corrected chi connectivity index (χ1v) is 6.03. The number of amides is 2. The average molecular weight is 256 g/mol. The highest BCUT2D eigenvalue weighted by Crippen LogP contribution is 2.16. The van der Waals surface area contributed by atoms with Crippen LogP contribution in [0.1, 0.15) is 5.56 Å². The van der Waals surface area contributed by atoms with Crippen LogP contribution in [-0.4, -0.2) is 13.1 Å². The molecule has 2 rings (SSSR count). The van der Waals surface area contributed by atoms with Gasteiger partial charge in [-0.3, -0.25) is 0 Å². The molecular weight excluding hydrogens is 240 g/mol. The number of benzene rings is 2. The number of hydrogen-bond donors (Lipinski definition) is 2. The smallest absolute Gasteiger partial charge is 0.318 e. The second-order valence-corrected chi connectivity index (χ2v) is 4.00. The highest BCUT2D eigenvalue weighted by Gasteiger charge is 1.99. The van der Waals surface area contributed by atoms with Gasteiger partial charge in [0.15, 0.2) is 0 Å². The third-order valence-corrected chi connectivity index (χ3v) is 2.59. The minimum absolute atomic E-state index is 0.238. The molecule has 0 bridgehead atoms. The van der Waals surface area contributed by atoms with Crippen LogP contribution in [0.3, 0.4) is 0 Å². The van der Waals surface area contributed by atoms with E-state index in [1.165, 1.54) is 0 Å². The summed E-state index contributed by atoms with van der Waals surface area (Å²) in [6, 6.07) is 17.0. The van der Waals surface area contributed by atoms with Gasteiger partial charge in [-0.15, -0.1) is 0 Å². The Morgan fingerprint density at radius 3 is 2.37 bits per heavy atom. The maximum absolute atomic E-state index is 11.1. The standard InChI is InChI=1S/C15H16N2O2/c1-16-15(18)17-13-7-9-14(10-8-13)19-11-12-5-3-2-4-6-12/h2-10H,11H2,1H3,(H2,16,17,18). The largest absolute Gasteiger partial charge is 0.489 e. The molecule has 0 heterocycles. The van der Waals surface area contributed by atoms with E-state index in [2.05, 4.69) is 10.6 Å². The molecule has 2 N–H and O–H groups in total. The third-order valence-electron chi connectivity index (χ3n) is 2.59. The van der Waals surface area contributed by atoms with Crippen LogP contribution in [-0.2, 0) is 6.61 Å². The monoisotopic (exact) mass is 256 g/mol. The van der Waals surface area contributed by atoms with Gasteiger partial charge in [-0.1, -0.05) is 30.3 Å². The van der Waals surface area contributed by atoms with Crippen LogP contribution in [0, 0.1) is 0 Å². The second-order valence-electron chi connectivity index (χ2n) is 4.00. The quantitative estimate of drug-likeness (QED) is 0.883. The number of anilines is 1. The zero-order valence-corrected chi connectivity index (χ0v) is 10.7. The van der Waals surface area contributed by atoms with E-state index in [0.717, 1.165) is 17.0 Å². The normalized spacial score (nSPS) is 9.74. The van der Waals surface area contributed by atoms with E-state index in [0.29, 0.717) is 6.61 Å². The van der Waals surface area contributed by atoms with Crippen LogP contribution in [0.2, 0.25) is 0 Å². The first-order chi connectivity index (χ1) is 9.28. The molecule has 0 atom stereocenters. The van der Waals surface area contributed by atoms with E-state index in [4.69, 9.17) is 4.74 Å². The van der Waals surface area contributed by atoms with Crippen LogP contribution < -0.4 is 15.4 Å². The Labute approximate surface area is 112 Å². The molecule has 0 saturated heterocycles.